The van der Waals surface area contributed by atoms with Crippen molar-refractivity contribution in [3.8, 4) is 6.07 Å². The number of sulfonamides is 1. The highest BCUT2D eigenvalue weighted by atomic mass is 32.3. The molecular weight excluding hydrogens is 228 g/mol. The van der Waals surface area contributed by atoms with Gasteiger partial charge >= 0.3 is 0 Å². The fourth-order valence-electron chi connectivity index (χ4n) is 0.719. The summed E-state index contributed by atoms with van der Waals surface area (Å²) in [4.78, 5) is 0. The van der Waals surface area contributed by atoms with E-state index in [9.17, 15) is 16.8 Å². The molecule has 0 radical (unpaired) electrons. The smallest absolute Gasteiger partial charge is 0.226 e. The predicted molar refractivity (Wildman–Crippen MR) is 51.5 cm³/mol. The van der Waals surface area contributed by atoms with Crippen LogP contribution >= 0.6 is 0 Å². The van der Waals surface area contributed by atoms with Gasteiger partial charge in [0, 0.05) is 19.2 Å². The molecule has 0 unspecified atom stereocenters. The standard InChI is InChI=1S/C6H12N2O4S2/c1-13(9,10)6-14(11,12)8-5-3-2-4-7/h8H,2-3,5-6H2,1H3. The molecule has 0 aliphatic heterocycles. The van der Waals surface area contributed by atoms with E-state index in [4.69, 9.17) is 5.26 Å². The van der Waals surface area contributed by atoms with E-state index in [2.05, 4.69) is 4.72 Å². The molecule has 82 valence electrons. The Kier molecular flexibility index (Phi) is 5.04. The lowest BCUT2D eigenvalue weighted by Gasteiger charge is -2.03. The summed E-state index contributed by atoms with van der Waals surface area (Å²) in [6.07, 6.45) is 1.46. The zero-order valence-electron chi connectivity index (χ0n) is 7.73. The zero-order valence-corrected chi connectivity index (χ0v) is 9.36. The molecule has 0 saturated heterocycles. The van der Waals surface area contributed by atoms with Crippen molar-refractivity contribution in [1.82, 2.24) is 4.72 Å². The Morgan fingerprint density at radius 1 is 1.29 bits per heavy atom. The first-order valence-corrected chi connectivity index (χ1v) is 7.50. The first kappa shape index (κ1) is 13.4. The van der Waals surface area contributed by atoms with Crippen LogP contribution in [0.2, 0.25) is 0 Å². The maximum absolute atomic E-state index is 11.0. The topological polar surface area (TPSA) is 104 Å². The summed E-state index contributed by atoms with van der Waals surface area (Å²) in [6, 6.07) is 1.85. The minimum absolute atomic E-state index is 0.0887. The van der Waals surface area contributed by atoms with Crippen molar-refractivity contribution in [2.45, 2.75) is 12.8 Å². The highest BCUT2D eigenvalue weighted by Crippen LogP contribution is 1.93. The second-order valence-electron chi connectivity index (χ2n) is 2.81. The van der Waals surface area contributed by atoms with Crippen molar-refractivity contribution in [2.24, 2.45) is 0 Å². The Balaban J connectivity index is 4.06. The Bertz CT molecular complexity index is 404. The molecule has 0 aromatic rings. The van der Waals surface area contributed by atoms with Crippen LogP contribution in [0.15, 0.2) is 0 Å². The number of nitrogens with zero attached hydrogens (tertiary/aromatic N) is 1. The lowest BCUT2D eigenvalue weighted by Crippen LogP contribution is -2.30. The predicted octanol–water partition coefficient (Wildman–Crippen LogP) is -0.788. The van der Waals surface area contributed by atoms with Crippen LogP contribution in [0, 0.1) is 11.3 Å². The molecule has 0 aliphatic carbocycles. The van der Waals surface area contributed by atoms with Gasteiger partial charge in [-0.1, -0.05) is 0 Å². The molecule has 0 aliphatic rings. The van der Waals surface area contributed by atoms with Crippen LogP contribution in [0.5, 0.6) is 0 Å². The molecule has 0 heterocycles. The molecule has 14 heavy (non-hydrogen) atoms. The Hall–Kier alpha value is -0.650. The third kappa shape index (κ3) is 7.97. The van der Waals surface area contributed by atoms with Crippen LogP contribution in [0.4, 0.5) is 0 Å². The summed E-state index contributed by atoms with van der Waals surface area (Å²) in [5, 5.41) is 7.25. The van der Waals surface area contributed by atoms with Crippen LogP contribution in [-0.4, -0.2) is 34.7 Å². The maximum Gasteiger partial charge on any atom is 0.226 e. The van der Waals surface area contributed by atoms with E-state index in [0.717, 1.165) is 6.26 Å². The molecular formula is C6H12N2O4S2. The second kappa shape index (κ2) is 5.29. The molecule has 0 fully saturated rings. The molecule has 1 N–H and O–H groups in total. The summed E-state index contributed by atoms with van der Waals surface area (Å²) in [6.45, 7) is 0.0887. The van der Waals surface area contributed by atoms with Crippen LogP contribution in [0.25, 0.3) is 0 Å². The van der Waals surface area contributed by atoms with Crippen molar-refractivity contribution >= 4 is 19.9 Å². The SMILES string of the molecule is CS(=O)(=O)CS(=O)(=O)NCCCC#N. The minimum Gasteiger partial charge on any atom is -0.228 e. The van der Waals surface area contributed by atoms with Gasteiger partial charge in [-0.15, -0.1) is 0 Å². The first-order valence-electron chi connectivity index (χ1n) is 3.79. The fraction of sp³-hybridized carbons (Fsp3) is 0.833. The van der Waals surface area contributed by atoms with Gasteiger partial charge in [-0.25, -0.2) is 21.6 Å². The van der Waals surface area contributed by atoms with Gasteiger partial charge in [0.25, 0.3) is 0 Å². The first-order chi connectivity index (χ1) is 6.27. The Morgan fingerprint density at radius 2 is 1.86 bits per heavy atom. The Labute approximate surface area is 83.9 Å². The minimum atomic E-state index is -3.77. The summed E-state index contributed by atoms with van der Waals surface area (Å²) >= 11 is 0. The van der Waals surface area contributed by atoms with Gasteiger partial charge in [0.1, 0.15) is 0 Å². The summed E-state index contributed by atoms with van der Waals surface area (Å²) in [5.41, 5.74) is 0. The van der Waals surface area contributed by atoms with E-state index in [1.807, 2.05) is 6.07 Å². The molecule has 0 saturated carbocycles. The lowest BCUT2D eigenvalue weighted by molar-refractivity contribution is 0.579. The molecule has 0 aromatic heterocycles. The van der Waals surface area contributed by atoms with Crippen LogP contribution in [0.3, 0.4) is 0 Å². The normalized spacial score (nSPS) is 12.3. The monoisotopic (exact) mass is 240 g/mol. The number of nitrogens with one attached hydrogen (secondary N) is 1. The van der Waals surface area contributed by atoms with Crippen molar-refractivity contribution in [3.63, 3.8) is 0 Å². The largest absolute Gasteiger partial charge is 0.228 e. The number of hydrogen-bond donors (Lipinski definition) is 1. The Morgan fingerprint density at radius 3 is 2.29 bits per heavy atom. The molecule has 0 atom stereocenters. The van der Waals surface area contributed by atoms with E-state index in [1.54, 1.807) is 0 Å². The highest BCUT2D eigenvalue weighted by Gasteiger charge is 2.16. The zero-order chi connectivity index (χ0) is 11.2. The van der Waals surface area contributed by atoms with E-state index in [1.165, 1.54) is 0 Å². The van der Waals surface area contributed by atoms with Gasteiger partial charge in [-0.05, 0) is 6.42 Å². The summed E-state index contributed by atoms with van der Waals surface area (Å²) in [7, 11) is -7.31. The summed E-state index contributed by atoms with van der Waals surface area (Å²) in [5.74, 6) is 0. The number of unbranched alkanes of at least 4 members (excludes halogenated alkanes) is 1. The van der Waals surface area contributed by atoms with Gasteiger partial charge < -0.3 is 0 Å². The van der Waals surface area contributed by atoms with Crippen LogP contribution < -0.4 is 4.72 Å². The van der Waals surface area contributed by atoms with Crippen molar-refractivity contribution in [1.29, 1.82) is 5.26 Å². The number of sulfone groups is 1. The number of hydrogen-bond acceptors (Lipinski definition) is 5. The van der Waals surface area contributed by atoms with Crippen molar-refractivity contribution in [3.05, 3.63) is 0 Å². The summed E-state index contributed by atoms with van der Waals surface area (Å²) < 4.78 is 45.5. The quantitative estimate of drug-likeness (QED) is 0.613. The number of rotatable bonds is 6. The molecule has 0 amide bonds. The average Bonchev–Trinajstić information content (AvgIpc) is 1.93. The van der Waals surface area contributed by atoms with E-state index < -0.39 is 24.9 Å². The van der Waals surface area contributed by atoms with Gasteiger partial charge in [0.15, 0.2) is 14.9 Å². The second-order valence-corrected chi connectivity index (χ2v) is 7.13. The third-order valence-corrected chi connectivity index (χ3v) is 4.75. The number of nitriles is 1. The van der Waals surface area contributed by atoms with Gasteiger partial charge in [-0.3, -0.25) is 0 Å². The van der Waals surface area contributed by atoms with Gasteiger partial charge in [0.2, 0.25) is 10.0 Å². The third-order valence-electron chi connectivity index (χ3n) is 1.16. The molecule has 0 spiro atoms. The van der Waals surface area contributed by atoms with Crippen LogP contribution in [-0.2, 0) is 19.9 Å². The van der Waals surface area contributed by atoms with Gasteiger partial charge in [0.05, 0.1) is 6.07 Å². The van der Waals surface area contributed by atoms with Crippen molar-refractivity contribution in [2.75, 3.05) is 17.9 Å². The molecule has 0 rings (SSSR count). The highest BCUT2D eigenvalue weighted by molar-refractivity contribution is 8.06. The molecule has 0 bridgehead atoms. The lowest BCUT2D eigenvalue weighted by atomic mass is 10.3. The maximum atomic E-state index is 11.0. The average molecular weight is 240 g/mol. The molecule has 0 aromatic carbocycles. The van der Waals surface area contributed by atoms with E-state index >= 15 is 0 Å². The van der Waals surface area contributed by atoms with E-state index in [-0.39, 0.29) is 13.0 Å². The molecule has 6 nitrogen and oxygen atoms in total. The van der Waals surface area contributed by atoms with E-state index in [0.29, 0.717) is 6.42 Å². The van der Waals surface area contributed by atoms with Crippen LogP contribution in [0.1, 0.15) is 12.8 Å². The van der Waals surface area contributed by atoms with Crippen molar-refractivity contribution < 1.29 is 16.8 Å². The fourth-order valence-corrected chi connectivity index (χ4v) is 3.76. The molecule has 8 heteroatoms. The van der Waals surface area contributed by atoms with Gasteiger partial charge in [-0.2, -0.15) is 5.26 Å².